The normalized spacial score (nSPS) is 11.5. The Bertz CT molecular complexity index is 790. The minimum absolute atomic E-state index is 0.0466. The van der Waals surface area contributed by atoms with Gasteiger partial charge in [-0.05, 0) is 17.7 Å². The van der Waals surface area contributed by atoms with Crippen molar-refractivity contribution in [3.05, 3.63) is 71.3 Å². The van der Waals surface area contributed by atoms with Crippen LogP contribution < -0.4 is 5.32 Å². The fraction of sp³-hybridized carbons (Fsp3) is 0.167. The van der Waals surface area contributed by atoms with Gasteiger partial charge in [0.15, 0.2) is 0 Å². The predicted molar refractivity (Wildman–Crippen MR) is 86.1 cm³/mol. The lowest BCUT2D eigenvalue weighted by atomic mass is 10.1. The fourth-order valence-electron chi connectivity index (χ4n) is 2.09. The summed E-state index contributed by atoms with van der Waals surface area (Å²) in [6.45, 7) is -0.0466. The zero-order chi connectivity index (χ0) is 19.1. The topological polar surface area (TPSA) is 92.7 Å². The second kappa shape index (κ2) is 8.70. The molecule has 0 aliphatic heterocycles. The van der Waals surface area contributed by atoms with E-state index in [2.05, 4.69) is 0 Å². The van der Waals surface area contributed by atoms with E-state index in [9.17, 15) is 23.2 Å². The smallest absolute Gasteiger partial charge is 0.326 e. The summed E-state index contributed by atoms with van der Waals surface area (Å²) in [6, 6.07) is 9.23. The van der Waals surface area contributed by atoms with E-state index in [4.69, 9.17) is 9.84 Å². The summed E-state index contributed by atoms with van der Waals surface area (Å²) in [5.74, 6) is -5.31. The van der Waals surface area contributed by atoms with Crippen LogP contribution in [-0.4, -0.2) is 29.0 Å². The molecule has 136 valence electrons. The van der Waals surface area contributed by atoms with E-state index < -0.39 is 47.5 Å². The number of carboxylic acids is 1. The van der Waals surface area contributed by atoms with Gasteiger partial charge in [-0.3, -0.25) is 9.59 Å². The quantitative estimate of drug-likeness (QED) is 0.737. The number of nitrogens with one attached hydrogen (secondary N) is 1. The summed E-state index contributed by atoms with van der Waals surface area (Å²) in [7, 11) is 0. The Balaban J connectivity index is 1.96. The lowest BCUT2D eigenvalue weighted by Gasteiger charge is -2.14. The highest BCUT2D eigenvalue weighted by molar-refractivity contribution is 5.97. The number of ether oxygens (including phenoxy) is 1. The van der Waals surface area contributed by atoms with Crippen LogP contribution in [-0.2, 0) is 20.9 Å². The number of carboxylic acid groups (broad SMARTS) is 1. The minimum Gasteiger partial charge on any atom is -0.480 e. The van der Waals surface area contributed by atoms with Crippen LogP contribution in [0.5, 0.6) is 0 Å². The molecule has 0 unspecified atom stereocenters. The summed E-state index contributed by atoms with van der Waals surface area (Å²) in [5, 5.41) is 11.2. The third-order valence-corrected chi connectivity index (χ3v) is 3.34. The highest BCUT2D eigenvalue weighted by Gasteiger charge is 2.25. The van der Waals surface area contributed by atoms with Gasteiger partial charge < -0.3 is 15.2 Å². The highest BCUT2D eigenvalue weighted by atomic mass is 19.1. The molecule has 0 aliphatic carbocycles. The Morgan fingerprint density at radius 2 is 1.65 bits per heavy atom. The van der Waals surface area contributed by atoms with Crippen LogP contribution in [0.2, 0.25) is 0 Å². The van der Waals surface area contributed by atoms with Gasteiger partial charge in [-0.15, -0.1) is 0 Å². The Morgan fingerprint density at radius 1 is 1.04 bits per heavy atom. The molecule has 0 saturated heterocycles. The zero-order valence-electron chi connectivity index (χ0n) is 13.4. The van der Waals surface area contributed by atoms with Crippen LogP contribution in [0, 0.1) is 11.6 Å². The number of halogens is 2. The molecular formula is C18H15F2NO5. The molecule has 0 heterocycles. The van der Waals surface area contributed by atoms with Crippen molar-refractivity contribution in [2.45, 2.75) is 19.1 Å². The number of aliphatic carboxylic acids is 1. The molecule has 0 aromatic heterocycles. The number of amides is 1. The summed E-state index contributed by atoms with van der Waals surface area (Å²) in [5.41, 5.74) is 0.318. The van der Waals surface area contributed by atoms with E-state index in [1.807, 2.05) is 5.32 Å². The van der Waals surface area contributed by atoms with E-state index >= 15 is 0 Å². The first-order chi connectivity index (χ1) is 12.3. The number of esters is 1. The number of rotatable bonds is 7. The summed E-state index contributed by atoms with van der Waals surface area (Å²) in [6.07, 6.45) is -0.633. The van der Waals surface area contributed by atoms with E-state index in [0.29, 0.717) is 11.6 Å². The van der Waals surface area contributed by atoms with Crippen molar-refractivity contribution < 1.29 is 33.0 Å². The maximum Gasteiger partial charge on any atom is 0.326 e. The van der Waals surface area contributed by atoms with Crippen molar-refractivity contribution in [1.82, 2.24) is 5.32 Å². The van der Waals surface area contributed by atoms with Crippen LogP contribution in [0.1, 0.15) is 22.3 Å². The number of carbonyl (C=O) groups excluding carboxylic acids is 2. The first kappa shape index (κ1) is 19.0. The molecule has 26 heavy (non-hydrogen) atoms. The molecule has 2 N–H and O–H groups in total. The van der Waals surface area contributed by atoms with E-state index in [1.54, 1.807) is 30.3 Å². The van der Waals surface area contributed by atoms with Gasteiger partial charge in [-0.25, -0.2) is 13.6 Å². The molecule has 0 bridgehead atoms. The molecule has 6 nitrogen and oxygen atoms in total. The fourth-order valence-corrected chi connectivity index (χ4v) is 2.09. The zero-order valence-corrected chi connectivity index (χ0v) is 13.4. The molecule has 0 aliphatic rings. The summed E-state index contributed by atoms with van der Waals surface area (Å²) < 4.78 is 31.3. The van der Waals surface area contributed by atoms with Crippen LogP contribution in [0.3, 0.4) is 0 Å². The minimum atomic E-state index is -1.60. The predicted octanol–water partition coefficient (Wildman–Crippen LogP) is 2.28. The third-order valence-electron chi connectivity index (χ3n) is 3.34. The standard InChI is InChI=1S/C18H15F2NO5/c19-13-6-12(7-14(20)8-13)17(23)21-15(18(24)25)9-16(22)26-10-11-4-2-1-3-5-11/h1-8,15H,9-10H2,(H,21,23)(H,24,25)/t15-/m1/s1. The lowest BCUT2D eigenvalue weighted by Crippen LogP contribution is -2.42. The Labute approximate surface area is 147 Å². The maximum absolute atomic E-state index is 13.1. The molecule has 1 atom stereocenters. The molecule has 2 rings (SSSR count). The Kier molecular flexibility index (Phi) is 6.37. The largest absolute Gasteiger partial charge is 0.480 e. The van der Waals surface area contributed by atoms with Crippen molar-refractivity contribution in [2.24, 2.45) is 0 Å². The number of hydrogen-bond donors (Lipinski definition) is 2. The van der Waals surface area contributed by atoms with E-state index in [1.165, 1.54) is 0 Å². The Morgan fingerprint density at radius 3 is 2.23 bits per heavy atom. The average Bonchev–Trinajstić information content (AvgIpc) is 2.59. The maximum atomic E-state index is 13.1. The molecule has 1 amide bonds. The average molecular weight is 363 g/mol. The second-order valence-electron chi connectivity index (χ2n) is 5.37. The van der Waals surface area contributed by atoms with Crippen molar-refractivity contribution in [3.8, 4) is 0 Å². The van der Waals surface area contributed by atoms with Gasteiger partial charge in [0.05, 0.1) is 6.42 Å². The van der Waals surface area contributed by atoms with E-state index in [0.717, 1.165) is 12.1 Å². The molecular weight excluding hydrogens is 348 g/mol. The molecule has 0 fully saturated rings. The highest BCUT2D eigenvalue weighted by Crippen LogP contribution is 2.09. The van der Waals surface area contributed by atoms with Crippen LogP contribution >= 0.6 is 0 Å². The van der Waals surface area contributed by atoms with Crippen molar-refractivity contribution in [2.75, 3.05) is 0 Å². The summed E-state index contributed by atoms with van der Waals surface area (Å²) in [4.78, 5) is 35.0. The third kappa shape index (κ3) is 5.66. The molecule has 2 aromatic carbocycles. The van der Waals surface area contributed by atoms with Crippen LogP contribution in [0.25, 0.3) is 0 Å². The number of carbonyl (C=O) groups is 3. The van der Waals surface area contributed by atoms with Gasteiger partial charge in [0.1, 0.15) is 24.3 Å². The lowest BCUT2D eigenvalue weighted by molar-refractivity contribution is -0.150. The molecule has 2 aromatic rings. The van der Waals surface area contributed by atoms with Gasteiger partial charge in [0.2, 0.25) is 0 Å². The van der Waals surface area contributed by atoms with Gasteiger partial charge >= 0.3 is 11.9 Å². The first-order valence-electron chi connectivity index (χ1n) is 7.54. The molecule has 8 heteroatoms. The number of hydrogen-bond acceptors (Lipinski definition) is 4. The van der Waals surface area contributed by atoms with Gasteiger partial charge in [-0.2, -0.15) is 0 Å². The summed E-state index contributed by atoms with van der Waals surface area (Å²) >= 11 is 0. The Hall–Kier alpha value is -3.29. The van der Waals surface area contributed by atoms with Gasteiger partial charge in [0, 0.05) is 11.6 Å². The van der Waals surface area contributed by atoms with Crippen molar-refractivity contribution in [3.63, 3.8) is 0 Å². The van der Waals surface area contributed by atoms with E-state index in [-0.39, 0.29) is 6.61 Å². The second-order valence-corrected chi connectivity index (χ2v) is 5.37. The molecule has 0 spiro atoms. The number of benzene rings is 2. The van der Waals surface area contributed by atoms with Crippen molar-refractivity contribution in [1.29, 1.82) is 0 Å². The molecule has 0 saturated carbocycles. The van der Waals surface area contributed by atoms with Gasteiger partial charge in [-0.1, -0.05) is 30.3 Å². The van der Waals surface area contributed by atoms with Crippen molar-refractivity contribution >= 4 is 17.8 Å². The monoisotopic (exact) mass is 363 g/mol. The SMILES string of the molecule is O=C(C[C@@H](NC(=O)c1cc(F)cc(F)c1)C(=O)O)OCc1ccccc1. The first-order valence-corrected chi connectivity index (χ1v) is 7.54. The molecule has 0 radical (unpaired) electrons. The van der Waals surface area contributed by atoms with Crippen LogP contribution in [0.4, 0.5) is 8.78 Å². The van der Waals surface area contributed by atoms with Crippen LogP contribution in [0.15, 0.2) is 48.5 Å². The van der Waals surface area contributed by atoms with Gasteiger partial charge in [0.25, 0.3) is 5.91 Å².